The van der Waals surface area contributed by atoms with Crippen LogP contribution in [0.15, 0.2) is 101 Å². The molecule has 2 heterocycles. The zero-order chi connectivity index (χ0) is 40.8. The first-order valence-corrected chi connectivity index (χ1v) is 22.9. The maximum Gasteiger partial charge on any atom is 0.330 e. The van der Waals surface area contributed by atoms with E-state index in [1.165, 1.54) is 17.1 Å². The third-order valence-corrected chi connectivity index (χ3v) is 18.6. The number of rotatable bonds is 16. The van der Waals surface area contributed by atoms with E-state index in [1.54, 1.807) is 20.4 Å². The van der Waals surface area contributed by atoms with Crippen LogP contribution >= 0.6 is 0 Å². The van der Waals surface area contributed by atoms with Crippen LogP contribution in [0, 0.1) is 0 Å². The van der Waals surface area contributed by atoms with Gasteiger partial charge in [-0.2, -0.15) is 0 Å². The minimum absolute atomic E-state index is 0.135. The Morgan fingerprint density at radius 1 is 0.754 bits per heavy atom. The van der Waals surface area contributed by atoms with Crippen LogP contribution in [-0.2, 0) is 19.5 Å². The van der Waals surface area contributed by atoms with Crippen molar-refractivity contribution in [2.45, 2.75) is 114 Å². The topological polar surface area (TPSA) is 104 Å². The second-order valence-corrected chi connectivity index (χ2v) is 22.4. The number of hydrogen-bond donors (Lipinski definition) is 1. The quantitative estimate of drug-likeness (QED) is 0.0888. The van der Waals surface area contributed by atoms with Gasteiger partial charge in [-0.3, -0.25) is 19.2 Å². The predicted octanol–water partition coefficient (Wildman–Crippen LogP) is 8.66. The second kappa shape index (κ2) is 18.3. The van der Waals surface area contributed by atoms with Gasteiger partial charge in [0.25, 0.3) is 5.56 Å². The first kappa shape index (κ1) is 42.6. The zero-order valence-electron chi connectivity index (χ0n) is 35.2. The summed E-state index contributed by atoms with van der Waals surface area (Å²) < 4.78 is 35.2. The number of nitrogens with one attached hydrogen (secondary N) is 1. The number of methoxy groups -OCH3 is 2. The summed E-state index contributed by atoms with van der Waals surface area (Å²) in [6, 6.07) is 28.1. The standard InChI is InChI=1S/C46H63N3O7Si/c1-33(2)57(34(3)4,35(5)6)55-32-45(30-48(39-17-13-10-14-18-39)29-43(56-45)49-28-27-42(50)47-44(49)51)31-54-46(36-15-11-9-12-16-36,37-19-23-40(52-7)24-20-37)38-21-25-41(53-8)26-22-38/h9,11-12,15-16,19-28,33-35,39,43H,10,13-14,17-18,29-32H2,1-8H3,(H,47,50,51)/t43-,45+/m1/s1. The molecular weight excluding hydrogens is 735 g/mol. The van der Waals surface area contributed by atoms with Gasteiger partial charge in [0.1, 0.15) is 22.7 Å². The number of H-pyrrole nitrogens is 1. The molecule has 0 unspecified atom stereocenters. The summed E-state index contributed by atoms with van der Waals surface area (Å²) in [6.45, 7) is 15.2. The van der Waals surface area contributed by atoms with Gasteiger partial charge in [0.15, 0.2) is 14.5 Å². The van der Waals surface area contributed by atoms with Crippen molar-refractivity contribution >= 4 is 8.32 Å². The van der Waals surface area contributed by atoms with Crippen LogP contribution in [-0.4, -0.2) is 74.9 Å². The van der Waals surface area contributed by atoms with Crippen molar-refractivity contribution < 1.29 is 23.4 Å². The molecule has 11 heteroatoms. The van der Waals surface area contributed by atoms with E-state index in [0.29, 0.717) is 35.8 Å². The Bertz CT molecular complexity index is 1920. The number of hydrogen-bond acceptors (Lipinski definition) is 8. The molecule has 2 fully saturated rings. The summed E-state index contributed by atoms with van der Waals surface area (Å²) in [4.78, 5) is 30.8. The van der Waals surface area contributed by atoms with E-state index in [-0.39, 0.29) is 13.2 Å². The molecule has 0 amide bonds. The lowest BCUT2D eigenvalue weighted by Crippen LogP contribution is -2.64. The van der Waals surface area contributed by atoms with Gasteiger partial charge >= 0.3 is 5.69 Å². The van der Waals surface area contributed by atoms with Gasteiger partial charge < -0.3 is 23.4 Å². The van der Waals surface area contributed by atoms with Gasteiger partial charge in [-0.05, 0) is 70.4 Å². The molecule has 10 nitrogen and oxygen atoms in total. The molecule has 1 N–H and O–H groups in total. The minimum atomic E-state index is -2.43. The first-order chi connectivity index (χ1) is 27.4. The van der Waals surface area contributed by atoms with E-state index < -0.39 is 37.0 Å². The molecular formula is C46H63N3O7Si. The summed E-state index contributed by atoms with van der Waals surface area (Å²) in [7, 11) is 0.909. The fourth-order valence-corrected chi connectivity index (χ4v) is 15.3. The summed E-state index contributed by atoms with van der Waals surface area (Å²) in [5.74, 6) is 1.48. The molecule has 2 aliphatic rings. The maximum atomic E-state index is 13.5. The SMILES string of the molecule is COc1ccc(C(OC[C@]2(CO[Si](C(C)C)(C(C)C)C(C)C)CN(C3CCCCC3)C[C@H](n3ccc(=O)[nH]c3=O)O2)(c2ccccc2)c2ccc(OC)cc2)cc1. The van der Waals surface area contributed by atoms with Crippen LogP contribution in [0.5, 0.6) is 11.5 Å². The van der Waals surface area contributed by atoms with Crippen LogP contribution < -0.4 is 20.7 Å². The zero-order valence-corrected chi connectivity index (χ0v) is 36.2. The minimum Gasteiger partial charge on any atom is -0.497 e. The largest absolute Gasteiger partial charge is 0.497 e. The smallest absolute Gasteiger partial charge is 0.330 e. The maximum absolute atomic E-state index is 13.5. The molecule has 6 rings (SSSR count). The molecule has 0 radical (unpaired) electrons. The van der Waals surface area contributed by atoms with Gasteiger partial charge in [0.05, 0.1) is 27.4 Å². The fourth-order valence-electron chi connectivity index (χ4n) is 9.79. The monoisotopic (exact) mass is 797 g/mol. The van der Waals surface area contributed by atoms with E-state index in [9.17, 15) is 9.59 Å². The van der Waals surface area contributed by atoms with E-state index in [0.717, 1.165) is 53.9 Å². The lowest BCUT2D eigenvalue weighted by atomic mass is 9.79. The van der Waals surface area contributed by atoms with Crippen LogP contribution in [0.2, 0.25) is 16.6 Å². The van der Waals surface area contributed by atoms with Crippen LogP contribution in [0.25, 0.3) is 0 Å². The molecule has 0 bridgehead atoms. The summed E-state index contributed by atoms with van der Waals surface area (Å²) in [6.07, 6.45) is 6.52. The first-order valence-electron chi connectivity index (χ1n) is 20.7. The number of aromatic nitrogens is 2. The average molecular weight is 798 g/mol. The molecule has 4 aromatic rings. The molecule has 1 aromatic heterocycles. The van der Waals surface area contributed by atoms with Gasteiger partial charge in [-0.1, -0.05) is 115 Å². The highest BCUT2D eigenvalue weighted by Gasteiger charge is 2.52. The Balaban J connectivity index is 1.55. The summed E-state index contributed by atoms with van der Waals surface area (Å²) >= 11 is 0. The van der Waals surface area contributed by atoms with Gasteiger partial charge in [-0.15, -0.1) is 0 Å². The molecule has 3 aromatic carbocycles. The molecule has 1 saturated carbocycles. The van der Waals surface area contributed by atoms with Crippen molar-refractivity contribution in [1.29, 1.82) is 0 Å². The molecule has 1 saturated heterocycles. The van der Waals surface area contributed by atoms with Crippen molar-refractivity contribution in [2.24, 2.45) is 0 Å². The highest BCUT2D eigenvalue weighted by atomic mass is 28.4. The van der Waals surface area contributed by atoms with Crippen LogP contribution in [0.1, 0.15) is 96.6 Å². The number of aromatic amines is 1. The number of benzene rings is 3. The van der Waals surface area contributed by atoms with E-state index in [4.69, 9.17) is 23.4 Å². The van der Waals surface area contributed by atoms with Crippen molar-refractivity contribution in [3.05, 3.63) is 129 Å². The molecule has 0 spiro atoms. The van der Waals surface area contributed by atoms with Crippen molar-refractivity contribution in [2.75, 3.05) is 40.5 Å². The van der Waals surface area contributed by atoms with Crippen LogP contribution in [0.4, 0.5) is 0 Å². The molecule has 308 valence electrons. The predicted molar refractivity (Wildman–Crippen MR) is 228 cm³/mol. The Morgan fingerprint density at radius 2 is 1.30 bits per heavy atom. The number of morpholine rings is 1. The lowest BCUT2D eigenvalue weighted by molar-refractivity contribution is -0.234. The fraction of sp³-hybridized carbons (Fsp3) is 0.522. The van der Waals surface area contributed by atoms with Crippen molar-refractivity contribution in [3.8, 4) is 11.5 Å². The third kappa shape index (κ3) is 8.88. The lowest BCUT2D eigenvalue weighted by Gasteiger charge is -2.52. The second-order valence-electron chi connectivity index (χ2n) is 16.9. The van der Waals surface area contributed by atoms with Gasteiger partial charge in [0, 0.05) is 31.4 Å². The Morgan fingerprint density at radius 3 is 1.81 bits per heavy atom. The van der Waals surface area contributed by atoms with E-state index in [1.807, 2.05) is 42.5 Å². The van der Waals surface area contributed by atoms with Gasteiger partial charge in [-0.25, -0.2) is 4.79 Å². The molecule has 57 heavy (non-hydrogen) atoms. The Labute approximate surface area is 339 Å². The average Bonchev–Trinajstić information content (AvgIpc) is 3.22. The number of ether oxygens (including phenoxy) is 4. The summed E-state index contributed by atoms with van der Waals surface area (Å²) in [5.41, 5.74) is 0.733. The van der Waals surface area contributed by atoms with E-state index >= 15 is 0 Å². The highest BCUT2D eigenvalue weighted by Crippen LogP contribution is 2.46. The molecule has 1 aliphatic heterocycles. The normalized spacial score (nSPS) is 20.0. The Kier molecular flexibility index (Phi) is 13.7. The van der Waals surface area contributed by atoms with Crippen LogP contribution in [0.3, 0.4) is 0 Å². The third-order valence-electron chi connectivity index (χ3n) is 12.5. The Hall–Kier alpha value is -4.00. The highest BCUT2D eigenvalue weighted by molar-refractivity contribution is 6.77. The van der Waals surface area contributed by atoms with Gasteiger partial charge in [0.2, 0.25) is 0 Å². The molecule has 1 aliphatic carbocycles. The summed E-state index contributed by atoms with van der Waals surface area (Å²) in [5, 5.41) is 0. The van der Waals surface area contributed by atoms with Crippen molar-refractivity contribution in [1.82, 2.24) is 14.5 Å². The van der Waals surface area contributed by atoms with E-state index in [2.05, 4.69) is 87.8 Å². The number of nitrogens with zero attached hydrogens (tertiary/aromatic N) is 2. The van der Waals surface area contributed by atoms with Crippen molar-refractivity contribution in [3.63, 3.8) is 0 Å². The molecule has 2 atom stereocenters.